The molecular weight excluding hydrogens is 775 g/mol. The zero-order valence-corrected chi connectivity index (χ0v) is 35.5. The second-order valence-electron chi connectivity index (χ2n) is 18.5. The molecule has 0 saturated heterocycles. The predicted molar refractivity (Wildman–Crippen MR) is 267 cm³/mol. The van der Waals surface area contributed by atoms with Crippen molar-refractivity contribution in [1.29, 1.82) is 0 Å². The topological polar surface area (TPSA) is 13.1 Å². The average molecular weight is 820 g/mol. The SMILES string of the molecule is c1ccc(-n2c3ccccc3c3cc(N(c4ccc(-c5cccc6c5-c5ccccc5C65CC6CCC5C6)cc4)c4ccc(-n5c6ccccc6c6ccccc65)cc4)ccc32)cc1. The van der Waals surface area contributed by atoms with Crippen LogP contribution in [0.2, 0.25) is 0 Å². The van der Waals surface area contributed by atoms with Gasteiger partial charge in [-0.2, -0.15) is 0 Å². The lowest BCUT2D eigenvalue weighted by Crippen LogP contribution is -2.31. The molecule has 1 spiro atoms. The standard InChI is InChI=1S/C61H45N3/c1-2-13-43(14-3-1)63-58-24-11-7-17-51(58)53-38-47(35-36-59(53)63)62(45-31-33-46(34-32-45)64-56-22-9-5-15-49(56)50-16-6-10-23-57(50)64)44-29-26-41(27-30-44)48-19-12-21-55-60(48)52-18-4-8-20-54(52)61(55)39-40-25-28-42(61)37-40/h1-24,26-27,29-36,38,40,42H,25,28,37,39H2. The van der Waals surface area contributed by atoms with Crippen molar-refractivity contribution >= 4 is 60.7 Å². The molecule has 3 nitrogen and oxygen atoms in total. The normalized spacial score (nSPS) is 18.4. The maximum atomic E-state index is 2.46. The Morgan fingerprint density at radius 3 is 1.59 bits per heavy atom. The molecule has 2 fully saturated rings. The highest BCUT2D eigenvalue weighted by Crippen LogP contribution is 2.66. The molecule has 11 aromatic rings. The third kappa shape index (κ3) is 5.04. The number of hydrogen-bond acceptors (Lipinski definition) is 1. The molecule has 0 amide bonds. The van der Waals surface area contributed by atoms with Crippen molar-refractivity contribution in [2.45, 2.75) is 31.1 Å². The molecule has 3 unspecified atom stereocenters. The van der Waals surface area contributed by atoms with Gasteiger partial charge in [-0.15, -0.1) is 0 Å². The maximum Gasteiger partial charge on any atom is 0.0542 e. The maximum absolute atomic E-state index is 2.46. The Bertz CT molecular complexity index is 3580. The highest BCUT2D eigenvalue weighted by atomic mass is 15.1. The first-order chi connectivity index (χ1) is 31.7. The lowest BCUT2D eigenvalue weighted by Gasteiger charge is -2.36. The molecule has 3 aliphatic rings. The van der Waals surface area contributed by atoms with Gasteiger partial charge in [0.05, 0.1) is 22.1 Å². The summed E-state index contributed by atoms with van der Waals surface area (Å²) in [5, 5.41) is 5.01. The fourth-order valence-corrected chi connectivity index (χ4v) is 12.8. The van der Waals surface area contributed by atoms with Crippen LogP contribution < -0.4 is 4.90 Å². The Morgan fingerprint density at radius 2 is 0.938 bits per heavy atom. The van der Waals surface area contributed by atoms with Crippen molar-refractivity contribution in [3.8, 4) is 33.6 Å². The van der Waals surface area contributed by atoms with Crippen LogP contribution in [0.15, 0.2) is 212 Å². The first-order valence-electron chi connectivity index (χ1n) is 23.0. The molecule has 64 heavy (non-hydrogen) atoms. The first kappa shape index (κ1) is 35.9. The summed E-state index contributed by atoms with van der Waals surface area (Å²) in [5.41, 5.74) is 19.3. The van der Waals surface area contributed by atoms with Crippen molar-refractivity contribution in [1.82, 2.24) is 9.13 Å². The minimum atomic E-state index is 0.162. The Morgan fingerprint density at radius 1 is 0.406 bits per heavy atom. The van der Waals surface area contributed by atoms with Crippen LogP contribution in [-0.4, -0.2) is 9.13 Å². The molecule has 0 N–H and O–H groups in total. The number of fused-ring (bicyclic) bond motifs is 14. The minimum absolute atomic E-state index is 0.162. The molecule has 2 bridgehead atoms. The molecule has 2 heterocycles. The van der Waals surface area contributed by atoms with E-state index >= 15 is 0 Å². The van der Waals surface area contributed by atoms with Gasteiger partial charge in [0.2, 0.25) is 0 Å². The number of nitrogens with zero attached hydrogens (tertiary/aromatic N) is 3. The van der Waals surface area contributed by atoms with Gasteiger partial charge in [-0.3, -0.25) is 0 Å². The van der Waals surface area contributed by atoms with Crippen LogP contribution in [0.3, 0.4) is 0 Å². The summed E-state index contributed by atoms with van der Waals surface area (Å²) in [7, 11) is 0. The Labute approximate surface area is 373 Å². The number of rotatable bonds is 6. The summed E-state index contributed by atoms with van der Waals surface area (Å²) in [6.45, 7) is 0. The molecule has 3 atom stereocenters. The summed E-state index contributed by atoms with van der Waals surface area (Å²) in [5.74, 6) is 1.59. The molecule has 0 aliphatic heterocycles. The minimum Gasteiger partial charge on any atom is -0.310 e. The number of hydrogen-bond donors (Lipinski definition) is 0. The van der Waals surface area contributed by atoms with Gasteiger partial charge in [0.25, 0.3) is 0 Å². The summed E-state index contributed by atoms with van der Waals surface area (Å²) in [6, 6.07) is 79.1. The molecule has 14 rings (SSSR count). The van der Waals surface area contributed by atoms with Crippen LogP contribution in [0.1, 0.15) is 36.8 Å². The zero-order chi connectivity index (χ0) is 41.9. The second-order valence-corrected chi connectivity index (χ2v) is 18.5. The van der Waals surface area contributed by atoms with Gasteiger partial charge >= 0.3 is 0 Å². The van der Waals surface area contributed by atoms with E-state index in [1.807, 2.05) is 0 Å². The van der Waals surface area contributed by atoms with Crippen molar-refractivity contribution in [3.63, 3.8) is 0 Å². The number of para-hydroxylation sites is 4. The van der Waals surface area contributed by atoms with E-state index in [0.717, 1.165) is 40.3 Å². The summed E-state index contributed by atoms with van der Waals surface area (Å²) < 4.78 is 4.79. The molecule has 2 aromatic heterocycles. The van der Waals surface area contributed by atoms with E-state index < -0.39 is 0 Å². The van der Waals surface area contributed by atoms with Gasteiger partial charge in [0.15, 0.2) is 0 Å². The quantitative estimate of drug-likeness (QED) is 0.163. The highest BCUT2D eigenvalue weighted by molar-refractivity contribution is 6.11. The third-order valence-corrected chi connectivity index (χ3v) is 15.4. The van der Waals surface area contributed by atoms with E-state index in [9.17, 15) is 0 Å². The van der Waals surface area contributed by atoms with Crippen molar-refractivity contribution in [2.24, 2.45) is 11.8 Å². The number of aromatic nitrogens is 2. The largest absolute Gasteiger partial charge is 0.310 e. The van der Waals surface area contributed by atoms with Crippen LogP contribution in [0.5, 0.6) is 0 Å². The molecular formula is C61H45N3. The fraction of sp³-hybridized carbons (Fsp3) is 0.115. The van der Waals surface area contributed by atoms with Gasteiger partial charge in [-0.1, -0.05) is 134 Å². The molecule has 0 radical (unpaired) electrons. The van der Waals surface area contributed by atoms with E-state index in [1.165, 1.54) is 91.5 Å². The van der Waals surface area contributed by atoms with Crippen molar-refractivity contribution in [2.75, 3.05) is 4.90 Å². The lowest BCUT2D eigenvalue weighted by atomic mass is 9.66. The van der Waals surface area contributed by atoms with Gasteiger partial charge in [0.1, 0.15) is 0 Å². The first-order valence-corrected chi connectivity index (χ1v) is 23.0. The fourth-order valence-electron chi connectivity index (χ4n) is 12.8. The van der Waals surface area contributed by atoms with Crippen LogP contribution >= 0.6 is 0 Å². The molecule has 9 aromatic carbocycles. The highest BCUT2D eigenvalue weighted by Gasteiger charge is 2.57. The van der Waals surface area contributed by atoms with Crippen molar-refractivity contribution < 1.29 is 0 Å². The van der Waals surface area contributed by atoms with Crippen LogP contribution in [0.25, 0.3) is 77.2 Å². The molecule has 2 saturated carbocycles. The van der Waals surface area contributed by atoms with E-state index in [1.54, 1.807) is 11.1 Å². The average Bonchev–Trinajstić information content (AvgIpc) is 4.19. The van der Waals surface area contributed by atoms with Gasteiger partial charge in [0, 0.05) is 55.4 Å². The summed E-state index contributed by atoms with van der Waals surface area (Å²) >= 11 is 0. The van der Waals surface area contributed by atoms with E-state index in [-0.39, 0.29) is 5.41 Å². The van der Waals surface area contributed by atoms with Gasteiger partial charge < -0.3 is 14.0 Å². The summed E-state index contributed by atoms with van der Waals surface area (Å²) in [4.78, 5) is 2.43. The zero-order valence-electron chi connectivity index (χ0n) is 35.5. The summed E-state index contributed by atoms with van der Waals surface area (Å²) in [6.07, 6.45) is 5.42. The molecule has 3 heteroatoms. The van der Waals surface area contributed by atoms with Crippen LogP contribution in [-0.2, 0) is 5.41 Å². The van der Waals surface area contributed by atoms with E-state index in [0.29, 0.717) is 0 Å². The Kier molecular flexibility index (Phi) is 7.68. The van der Waals surface area contributed by atoms with E-state index in [2.05, 4.69) is 226 Å². The number of anilines is 3. The monoisotopic (exact) mass is 819 g/mol. The van der Waals surface area contributed by atoms with Crippen LogP contribution in [0, 0.1) is 11.8 Å². The predicted octanol–water partition coefficient (Wildman–Crippen LogP) is 16.1. The molecule has 304 valence electrons. The lowest BCUT2D eigenvalue weighted by molar-refractivity contribution is 0.327. The third-order valence-electron chi connectivity index (χ3n) is 15.4. The Balaban J connectivity index is 0.924. The van der Waals surface area contributed by atoms with Crippen molar-refractivity contribution in [3.05, 3.63) is 223 Å². The molecule has 3 aliphatic carbocycles. The van der Waals surface area contributed by atoms with Gasteiger partial charge in [-0.05, 0) is 149 Å². The van der Waals surface area contributed by atoms with Gasteiger partial charge in [-0.25, -0.2) is 0 Å². The number of benzene rings is 9. The van der Waals surface area contributed by atoms with Crippen LogP contribution in [0.4, 0.5) is 17.1 Å². The Hall–Kier alpha value is -7.62. The van der Waals surface area contributed by atoms with E-state index in [4.69, 9.17) is 0 Å². The smallest absolute Gasteiger partial charge is 0.0542 e. The second kappa shape index (κ2) is 13.7.